The topological polar surface area (TPSA) is 148 Å². The summed E-state index contributed by atoms with van der Waals surface area (Å²) >= 11 is 2.04. The van der Waals surface area contributed by atoms with Crippen LogP contribution in [0, 0.1) is 3.83 Å². The van der Waals surface area contributed by atoms with Crippen LogP contribution in [0.2, 0.25) is 0 Å². The van der Waals surface area contributed by atoms with E-state index >= 15 is 0 Å². The smallest absolute Gasteiger partial charge is 0.352 e. The van der Waals surface area contributed by atoms with Gasteiger partial charge in [0.25, 0.3) is 0 Å². The molecule has 166 valence electrons. The third kappa shape index (κ3) is 4.80. The van der Waals surface area contributed by atoms with E-state index in [9.17, 15) is 14.8 Å². The first-order valence-corrected chi connectivity index (χ1v) is 12.8. The van der Waals surface area contributed by atoms with Gasteiger partial charge in [-0.15, -0.1) is 4.67 Å². The Bertz CT molecular complexity index is 948. The normalized spacial score (nSPS) is 29.5. The van der Waals surface area contributed by atoms with Gasteiger partial charge in [0, 0.05) is 41.5 Å². The van der Waals surface area contributed by atoms with E-state index < -0.39 is 32.1 Å². The molecule has 4 N–H and O–H groups in total. The molecular weight excluding hydrogens is 530 g/mol. The maximum Gasteiger partial charge on any atom is 0.352 e. The number of nitrogens with one attached hydrogen (secondary N) is 1. The predicted octanol–water partition coefficient (Wildman–Crippen LogP) is 1.77. The van der Waals surface area contributed by atoms with E-state index in [1.54, 1.807) is 10.8 Å². The third-order valence-corrected chi connectivity index (χ3v) is 6.14. The maximum atomic E-state index is 11.1. The van der Waals surface area contributed by atoms with Crippen molar-refractivity contribution in [2.45, 2.75) is 56.3 Å². The van der Waals surface area contributed by atoms with Gasteiger partial charge in [-0.1, -0.05) is 12.8 Å². The molecule has 2 aromatic rings. The first kappa shape index (κ1) is 22.3. The summed E-state index contributed by atoms with van der Waals surface area (Å²) in [6, 6.07) is 2.22. The van der Waals surface area contributed by atoms with Crippen LogP contribution in [0.15, 0.2) is 12.3 Å². The fourth-order valence-corrected chi connectivity index (χ4v) is 4.60. The first-order valence-electron chi connectivity index (χ1n) is 9.66. The number of hydrogen-bond donors (Lipinski definition) is 4. The van der Waals surface area contributed by atoms with E-state index in [0.717, 1.165) is 30.7 Å². The lowest BCUT2D eigenvalue weighted by Crippen LogP contribution is -2.33. The number of nitrogens with zero attached hydrogens (tertiary/aromatic N) is 3. The molecule has 1 aliphatic heterocycles. The number of hydrogen-bond acceptors (Lipinski definition) is 9. The van der Waals surface area contributed by atoms with Gasteiger partial charge in [-0.3, -0.25) is 4.57 Å². The number of anilines is 1. The summed E-state index contributed by atoms with van der Waals surface area (Å²) in [5.74, 6) is 0.734. The highest BCUT2D eigenvalue weighted by Crippen LogP contribution is 2.38. The summed E-state index contributed by atoms with van der Waals surface area (Å²) in [7, 11) is -3.83. The predicted molar refractivity (Wildman–Crippen MR) is 115 cm³/mol. The Kier molecular flexibility index (Phi) is 6.66. The molecule has 0 aromatic carbocycles. The minimum atomic E-state index is -3.83. The molecule has 0 amide bonds. The van der Waals surface area contributed by atoms with Crippen LogP contribution in [0.1, 0.15) is 31.9 Å². The molecule has 5 atom stereocenters. The number of ether oxygens (including phenoxy) is 1. The largest absolute Gasteiger partial charge is 0.387 e. The van der Waals surface area contributed by atoms with E-state index in [-0.39, 0.29) is 6.61 Å². The standard InChI is InChI=1S/C17H24IN4O7P/c1-30(25,26)29-27-8-11-12(23)13(24)16(28-11)22-7-6-10-14(19-9-4-2-3-5-9)20-17(18)21-15(10)22/h6-7,9,11-13,16,23-24H,2-5,8H2,1H3,(H,25,26)(H,19,20,21)/t11-,12-,13-,16-/m1/s1. The molecule has 1 unspecified atom stereocenters. The first-order chi connectivity index (χ1) is 14.2. The zero-order valence-corrected chi connectivity index (χ0v) is 19.3. The van der Waals surface area contributed by atoms with Gasteiger partial charge < -0.3 is 29.7 Å². The third-order valence-electron chi connectivity index (χ3n) is 5.28. The van der Waals surface area contributed by atoms with Crippen LogP contribution in [0.25, 0.3) is 11.0 Å². The molecule has 0 radical (unpaired) electrons. The number of fused-ring (bicyclic) bond motifs is 1. The van der Waals surface area contributed by atoms with Gasteiger partial charge in [-0.05, 0) is 18.9 Å². The van der Waals surface area contributed by atoms with Crippen molar-refractivity contribution in [3.8, 4) is 0 Å². The molecule has 30 heavy (non-hydrogen) atoms. The molecule has 1 saturated carbocycles. The van der Waals surface area contributed by atoms with Crippen LogP contribution >= 0.6 is 30.2 Å². The number of rotatable bonds is 7. The second-order valence-electron chi connectivity index (χ2n) is 7.64. The molecule has 4 rings (SSSR count). The number of halogens is 1. The van der Waals surface area contributed by atoms with Crippen LogP contribution in [0.3, 0.4) is 0 Å². The molecule has 1 aliphatic carbocycles. The Labute approximate surface area is 186 Å². The average Bonchev–Trinajstić information content (AvgIpc) is 3.37. The molecule has 3 heterocycles. The minimum absolute atomic E-state index is 0.326. The summed E-state index contributed by atoms with van der Waals surface area (Å²) in [5.41, 5.74) is 0.567. The summed E-state index contributed by atoms with van der Waals surface area (Å²) < 4.78 is 23.5. The van der Waals surface area contributed by atoms with Crippen LogP contribution in [-0.2, 0) is 18.9 Å². The fourth-order valence-electron chi connectivity index (χ4n) is 3.88. The summed E-state index contributed by atoms with van der Waals surface area (Å²) in [6.45, 7) is 0.647. The van der Waals surface area contributed by atoms with Crippen molar-refractivity contribution in [2.24, 2.45) is 0 Å². The van der Waals surface area contributed by atoms with Crippen LogP contribution in [0.5, 0.6) is 0 Å². The zero-order valence-electron chi connectivity index (χ0n) is 16.2. The summed E-state index contributed by atoms with van der Waals surface area (Å²) in [4.78, 5) is 22.8. The Balaban J connectivity index is 1.55. The fraction of sp³-hybridized carbons (Fsp3) is 0.647. The zero-order chi connectivity index (χ0) is 21.5. The van der Waals surface area contributed by atoms with Crippen molar-refractivity contribution in [3.63, 3.8) is 0 Å². The van der Waals surface area contributed by atoms with E-state index in [4.69, 9.17) is 14.5 Å². The van der Waals surface area contributed by atoms with Gasteiger partial charge in [0.1, 0.15) is 36.4 Å². The highest BCUT2D eigenvalue weighted by atomic mass is 127. The lowest BCUT2D eigenvalue weighted by molar-refractivity contribution is -0.238. The van der Waals surface area contributed by atoms with E-state index in [1.807, 2.05) is 28.7 Å². The molecule has 1 saturated heterocycles. The Hall–Kier alpha value is -0.860. The highest BCUT2D eigenvalue weighted by molar-refractivity contribution is 14.1. The van der Waals surface area contributed by atoms with Crippen LogP contribution in [0.4, 0.5) is 5.82 Å². The van der Waals surface area contributed by atoms with Crippen molar-refractivity contribution >= 4 is 47.0 Å². The lowest BCUT2D eigenvalue weighted by Gasteiger charge is -2.18. The van der Waals surface area contributed by atoms with Gasteiger partial charge in [0.05, 0.1) is 5.39 Å². The molecule has 2 fully saturated rings. The van der Waals surface area contributed by atoms with Crippen molar-refractivity contribution < 1.29 is 34.0 Å². The molecule has 13 heteroatoms. The molecule has 2 aromatic heterocycles. The van der Waals surface area contributed by atoms with Gasteiger partial charge in [0.15, 0.2) is 10.1 Å². The van der Waals surface area contributed by atoms with E-state index in [1.165, 1.54) is 12.8 Å². The number of aromatic nitrogens is 3. The second-order valence-corrected chi connectivity index (χ2v) is 10.4. The number of aliphatic hydroxyl groups excluding tert-OH is 2. The maximum absolute atomic E-state index is 11.1. The van der Waals surface area contributed by atoms with Crippen molar-refractivity contribution in [1.82, 2.24) is 14.5 Å². The molecule has 0 spiro atoms. The van der Waals surface area contributed by atoms with E-state index in [0.29, 0.717) is 15.5 Å². The van der Waals surface area contributed by atoms with Crippen molar-refractivity contribution in [2.75, 3.05) is 18.6 Å². The highest BCUT2D eigenvalue weighted by Gasteiger charge is 2.44. The summed E-state index contributed by atoms with van der Waals surface area (Å²) in [6.07, 6.45) is 1.91. The molecule has 2 aliphatic rings. The summed E-state index contributed by atoms with van der Waals surface area (Å²) in [5, 5.41) is 25.1. The Morgan fingerprint density at radius 2 is 2.07 bits per heavy atom. The number of aliphatic hydroxyl groups is 2. The SMILES string of the molecule is CP(=O)(O)OOC[C@H]1O[C@@H](n2ccc3c(NC4CCCC4)nc(I)nc32)[C@H](O)[C@@H]1O. The molecule has 0 bridgehead atoms. The molecular formula is C17H24IN4O7P. The van der Waals surface area contributed by atoms with Crippen LogP contribution in [-0.4, -0.2) is 67.3 Å². The van der Waals surface area contributed by atoms with Gasteiger partial charge in [0.2, 0.25) is 0 Å². The van der Waals surface area contributed by atoms with Gasteiger partial charge >= 0.3 is 7.60 Å². The molecule has 11 nitrogen and oxygen atoms in total. The quantitative estimate of drug-likeness (QED) is 0.131. The van der Waals surface area contributed by atoms with E-state index in [2.05, 4.69) is 20.0 Å². The Morgan fingerprint density at radius 3 is 2.77 bits per heavy atom. The van der Waals surface area contributed by atoms with Crippen molar-refractivity contribution in [3.05, 3.63) is 16.1 Å². The monoisotopic (exact) mass is 554 g/mol. The van der Waals surface area contributed by atoms with Gasteiger partial charge in [-0.25, -0.2) is 14.9 Å². The van der Waals surface area contributed by atoms with Gasteiger partial charge in [-0.2, -0.15) is 0 Å². The van der Waals surface area contributed by atoms with Crippen molar-refractivity contribution in [1.29, 1.82) is 0 Å². The second kappa shape index (κ2) is 8.94. The minimum Gasteiger partial charge on any atom is -0.387 e. The Morgan fingerprint density at radius 1 is 1.33 bits per heavy atom. The lowest BCUT2D eigenvalue weighted by atomic mass is 10.1. The van der Waals surface area contributed by atoms with Crippen LogP contribution < -0.4 is 5.32 Å². The average molecular weight is 554 g/mol.